The summed E-state index contributed by atoms with van der Waals surface area (Å²) < 4.78 is 27.9. The molecular weight excluding hydrogens is 476 g/mol. The van der Waals surface area contributed by atoms with Crippen molar-refractivity contribution in [1.82, 2.24) is 4.31 Å². The number of halogens is 1. The summed E-state index contributed by atoms with van der Waals surface area (Å²) in [6.45, 7) is 3.40. The van der Waals surface area contributed by atoms with Gasteiger partial charge in [0.25, 0.3) is 11.6 Å². The van der Waals surface area contributed by atoms with E-state index in [0.717, 1.165) is 14.9 Å². The van der Waals surface area contributed by atoms with Gasteiger partial charge in [0.2, 0.25) is 10.0 Å². The standard InChI is InChI=1S/C19H21BrN4O5S/c1-14-12-15(6-7-16(14)20)21-19(25)13-22-8-10-23(11-9-22)30(28,29)18-5-3-2-4-17(18)24(26)27/h2-7,12H,8-11,13H2,1H3,(H,21,25)/p+1. The molecule has 0 spiro atoms. The number of nitrogens with zero attached hydrogens (tertiary/aromatic N) is 2. The maximum Gasteiger partial charge on any atom is 0.289 e. The van der Waals surface area contributed by atoms with E-state index in [-0.39, 0.29) is 30.4 Å². The number of carbonyl (C=O) groups is 1. The average molecular weight is 498 g/mol. The van der Waals surface area contributed by atoms with Gasteiger partial charge < -0.3 is 10.2 Å². The monoisotopic (exact) mass is 497 g/mol. The highest BCUT2D eigenvalue weighted by atomic mass is 79.9. The highest BCUT2D eigenvalue weighted by Crippen LogP contribution is 2.26. The molecule has 0 radical (unpaired) electrons. The minimum Gasteiger partial charge on any atom is -0.325 e. The molecule has 1 heterocycles. The van der Waals surface area contributed by atoms with Gasteiger partial charge in [0, 0.05) is 16.2 Å². The summed E-state index contributed by atoms with van der Waals surface area (Å²) in [5.74, 6) is -0.151. The third-order valence-corrected chi connectivity index (χ3v) is 7.80. The zero-order valence-corrected chi connectivity index (χ0v) is 18.7. The minimum absolute atomic E-state index is 0.151. The van der Waals surface area contributed by atoms with Crippen LogP contribution in [-0.2, 0) is 14.8 Å². The number of aryl methyl sites for hydroxylation is 1. The predicted octanol–water partition coefficient (Wildman–Crippen LogP) is 1.19. The number of benzene rings is 2. The van der Waals surface area contributed by atoms with Crippen LogP contribution >= 0.6 is 15.9 Å². The van der Waals surface area contributed by atoms with Crippen LogP contribution < -0.4 is 10.2 Å². The molecule has 1 fully saturated rings. The van der Waals surface area contributed by atoms with Crippen molar-refractivity contribution in [2.24, 2.45) is 0 Å². The number of amides is 1. The first-order valence-electron chi connectivity index (χ1n) is 9.31. The highest BCUT2D eigenvalue weighted by molar-refractivity contribution is 9.10. The normalized spacial score (nSPS) is 15.7. The Bertz CT molecular complexity index is 1070. The number of carbonyl (C=O) groups excluding carboxylic acids is 1. The van der Waals surface area contributed by atoms with E-state index in [4.69, 9.17) is 0 Å². The first-order valence-corrected chi connectivity index (χ1v) is 11.5. The van der Waals surface area contributed by atoms with Gasteiger partial charge in [-0.2, -0.15) is 4.31 Å². The second-order valence-electron chi connectivity index (χ2n) is 7.07. The molecule has 9 nitrogen and oxygen atoms in total. The Hall–Kier alpha value is -2.34. The van der Waals surface area contributed by atoms with Gasteiger partial charge in [-0.15, -0.1) is 0 Å². The minimum atomic E-state index is -3.97. The molecule has 0 bridgehead atoms. The number of hydrogen-bond donors (Lipinski definition) is 2. The van der Waals surface area contributed by atoms with Gasteiger partial charge in [-0.25, -0.2) is 8.42 Å². The van der Waals surface area contributed by atoms with E-state index in [2.05, 4.69) is 21.2 Å². The predicted molar refractivity (Wildman–Crippen MR) is 115 cm³/mol. The molecule has 1 aliphatic heterocycles. The van der Waals surface area contributed by atoms with E-state index in [1.54, 1.807) is 0 Å². The molecule has 2 N–H and O–H groups in total. The zero-order valence-electron chi connectivity index (χ0n) is 16.3. The number of anilines is 1. The third kappa shape index (κ3) is 5.04. The van der Waals surface area contributed by atoms with Gasteiger partial charge in [0.1, 0.15) is 0 Å². The Kier molecular flexibility index (Phi) is 6.86. The average Bonchev–Trinajstić information content (AvgIpc) is 2.71. The Balaban J connectivity index is 1.60. The van der Waals surface area contributed by atoms with Crippen LogP contribution in [0.4, 0.5) is 11.4 Å². The number of hydrogen-bond acceptors (Lipinski definition) is 5. The summed E-state index contributed by atoms with van der Waals surface area (Å²) >= 11 is 3.42. The van der Waals surface area contributed by atoms with E-state index in [0.29, 0.717) is 18.8 Å². The topological polar surface area (TPSA) is 114 Å². The van der Waals surface area contributed by atoms with Crippen LogP contribution in [0.3, 0.4) is 0 Å². The second-order valence-corrected chi connectivity index (χ2v) is 9.83. The third-order valence-electron chi connectivity index (χ3n) is 4.96. The summed E-state index contributed by atoms with van der Waals surface area (Å²) in [5, 5.41) is 14.0. The summed E-state index contributed by atoms with van der Waals surface area (Å²) in [7, 11) is -3.97. The van der Waals surface area contributed by atoms with Crippen molar-refractivity contribution in [3.05, 3.63) is 62.6 Å². The van der Waals surface area contributed by atoms with E-state index < -0.39 is 20.6 Å². The molecule has 0 aliphatic carbocycles. The van der Waals surface area contributed by atoms with Gasteiger partial charge in [-0.3, -0.25) is 14.9 Å². The lowest BCUT2D eigenvalue weighted by Crippen LogP contribution is -3.15. The fourth-order valence-corrected chi connectivity index (χ4v) is 5.18. The molecule has 160 valence electrons. The van der Waals surface area contributed by atoms with E-state index in [1.165, 1.54) is 28.6 Å². The van der Waals surface area contributed by atoms with Crippen molar-refractivity contribution in [2.45, 2.75) is 11.8 Å². The SMILES string of the molecule is Cc1cc(NC(=O)C[NH+]2CCN(S(=O)(=O)c3ccccc3[N+](=O)[O-])CC2)ccc1Br. The van der Waals surface area contributed by atoms with E-state index in [1.807, 2.05) is 25.1 Å². The van der Waals surface area contributed by atoms with Crippen molar-refractivity contribution in [3.8, 4) is 0 Å². The molecule has 0 saturated carbocycles. The van der Waals surface area contributed by atoms with Gasteiger partial charge in [-0.1, -0.05) is 28.1 Å². The number of para-hydroxylation sites is 1. The fraction of sp³-hybridized carbons (Fsp3) is 0.316. The van der Waals surface area contributed by atoms with Crippen LogP contribution in [0.1, 0.15) is 5.56 Å². The largest absolute Gasteiger partial charge is 0.325 e. The van der Waals surface area contributed by atoms with Crippen LogP contribution in [0, 0.1) is 17.0 Å². The molecule has 1 aliphatic rings. The lowest BCUT2D eigenvalue weighted by Gasteiger charge is -2.31. The lowest BCUT2D eigenvalue weighted by molar-refractivity contribution is -0.895. The molecule has 1 saturated heterocycles. The van der Waals surface area contributed by atoms with Gasteiger partial charge in [-0.05, 0) is 36.8 Å². The van der Waals surface area contributed by atoms with E-state index in [9.17, 15) is 23.3 Å². The van der Waals surface area contributed by atoms with Crippen LogP contribution in [0.15, 0.2) is 51.8 Å². The van der Waals surface area contributed by atoms with Crippen molar-refractivity contribution < 1.29 is 23.0 Å². The Morgan fingerprint density at radius 1 is 1.23 bits per heavy atom. The second kappa shape index (κ2) is 9.21. The van der Waals surface area contributed by atoms with Crippen molar-refractivity contribution in [1.29, 1.82) is 0 Å². The zero-order chi connectivity index (χ0) is 21.9. The smallest absolute Gasteiger partial charge is 0.289 e. The molecule has 0 unspecified atom stereocenters. The Morgan fingerprint density at radius 3 is 2.53 bits per heavy atom. The molecule has 3 rings (SSSR count). The highest BCUT2D eigenvalue weighted by Gasteiger charge is 2.35. The Labute approximate surface area is 183 Å². The number of sulfonamides is 1. The van der Waals surface area contributed by atoms with Crippen molar-refractivity contribution >= 4 is 43.2 Å². The van der Waals surface area contributed by atoms with Gasteiger partial charge in [0.05, 0.1) is 31.1 Å². The summed E-state index contributed by atoms with van der Waals surface area (Å²) in [5.41, 5.74) is 1.28. The quantitative estimate of drug-likeness (QED) is 0.459. The fourth-order valence-electron chi connectivity index (χ4n) is 3.34. The van der Waals surface area contributed by atoms with E-state index >= 15 is 0 Å². The molecule has 1 amide bonds. The molecule has 0 aromatic heterocycles. The number of quaternary nitrogens is 1. The number of rotatable bonds is 6. The van der Waals surface area contributed by atoms with Crippen molar-refractivity contribution in [3.63, 3.8) is 0 Å². The van der Waals surface area contributed by atoms with Gasteiger partial charge >= 0.3 is 0 Å². The van der Waals surface area contributed by atoms with Crippen LogP contribution in [0.25, 0.3) is 0 Å². The lowest BCUT2D eigenvalue weighted by atomic mass is 10.2. The first-order chi connectivity index (χ1) is 14.2. The maximum atomic E-state index is 12.9. The van der Waals surface area contributed by atoms with Crippen LogP contribution in [-0.4, -0.2) is 56.3 Å². The van der Waals surface area contributed by atoms with Gasteiger partial charge in [0.15, 0.2) is 11.4 Å². The summed E-state index contributed by atoms with van der Waals surface area (Å²) in [6, 6.07) is 10.9. The number of nitrogens with one attached hydrogen (secondary N) is 2. The number of nitro groups is 1. The number of nitro benzene ring substituents is 1. The molecule has 0 atom stereocenters. The molecule has 30 heavy (non-hydrogen) atoms. The van der Waals surface area contributed by atoms with Crippen LogP contribution in [0.5, 0.6) is 0 Å². The summed E-state index contributed by atoms with van der Waals surface area (Å²) in [6.07, 6.45) is 0. The maximum absolute atomic E-state index is 12.9. The number of piperazine rings is 1. The molecule has 2 aromatic rings. The molecule has 11 heteroatoms. The first kappa shape index (κ1) is 22.3. The van der Waals surface area contributed by atoms with Crippen LogP contribution in [0.2, 0.25) is 0 Å². The van der Waals surface area contributed by atoms with Crippen molar-refractivity contribution in [2.75, 3.05) is 38.0 Å². The molecular formula is C19H22BrN4O5S+. The Morgan fingerprint density at radius 2 is 1.90 bits per heavy atom. The summed E-state index contributed by atoms with van der Waals surface area (Å²) in [4.78, 5) is 23.5. The molecule has 2 aromatic carbocycles.